The molecule has 2 fully saturated rings. The summed E-state index contributed by atoms with van der Waals surface area (Å²) in [5.74, 6) is -0.170. The smallest absolute Gasteiger partial charge is 0.395 e. The monoisotopic (exact) mass is 628 g/mol. The zero-order valence-corrected chi connectivity index (χ0v) is 23.9. The molecule has 1 aliphatic carbocycles. The average Bonchev–Trinajstić information content (AvgIpc) is 3.48. The van der Waals surface area contributed by atoms with Gasteiger partial charge in [0.1, 0.15) is 17.6 Å². The minimum atomic E-state index is -5.35. The lowest BCUT2D eigenvalue weighted by molar-refractivity contribution is -0.100. The summed E-state index contributed by atoms with van der Waals surface area (Å²) in [6.07, 6.45) is -3.87. The Labute approximate surface area is 235 Å². The highest BCUT2D eigenvalue weighted by Crippen LogP contribution is 2.60. The number of phosphoric ester groups is 2. The first-order valence-electron chi connectivity index (χ1n) is 12.4. The van der Waals surface area contributed by atoms with E-state index in [0.717, 1.165) is 0 Å². The number of ether oxygens (including phenoxy) is 2. The molecular weight excluding hydrogens is 601 g/mol. The molecule has 0 radical (unpaired) electrons. The van der Waals surface area contributed by atoms with Crippen LogP contribution in [0.4, 0.5) is 0 Å². The van der Waals surface area contributed by atoms with Gasteiger partial charge < -0.3 is 33.2 Å². The maximum absolute atomic E-state index is 13.8. The van der Waals surface area contributed by atoms with E-state index < -0.39 is 54.0 Å². The van der Waals surface area contributed by atoms with Gasteiger partial charge >= 0.3 is 23.5 Å². The number of hydrogen-bond acceptors (Lipinski definition) is 10. The number of phosphoric acid groups is 3. The normalized spacial score (nSPS) is 25.8. The van der Waals surface area contributed by atoms with Crippen LogP contribution in [0.5, 0.6) is 11.5 Å². The molecule has 5 rings (SSSR count). The summed E-state index contributed by atoms with van der Waals surface area (Å²) in [6, 6.07) is 25.5. The predicted octanol–water partition coefficient (Wildman–Crippen LogP) is 5.37. The van der Waals surface area contributed by atoms with Gasteiger partial charge in [-0.15, -0.1) is 0 Å². The molecule has 13 nitrogen and oxygen atoms in total. The minimum absolute atomic E-state index is 0.0391. The quantitative estimate of drug-likeness (QED) is 0.219. The number of para-hydroxylation sites is 2. The number of rotatable bonds is 12. The first kappa shape index (κ1) is 30.1. The second kappa shape index (κ2) is 12.5. The van der Waals surface area contributed by atoms with E-state index in [9.17, 15) is 18.6 Å². The predicted molar refractivity (Wildman–Crippen MR) is 143 cm³/mol. The van der Waals surface area contributed by atoms with Gasteiger partial charge in [0, 0.05) is 11.5 Å². The molecule has 1 unspecified atom stereocenters. The third kappa shape index (κ3) is 8.14. The first-order valence-corrected chi connectivity index (χ1v) is 16.9. The van der Waals surface area contributed by atoms with Crippen molar-refractivity contribution < 1.29 is 60.3 Å². The minimum Gasteiger partial charge on any atom is -0.395 e. The maximum Gasteiger partial charge on any atom is 0.587 e. The van der Waals surface area contributed by atoms with E-state index in [1.807, 2.05) is 0 Å². The third-order valence-corrected chi connectivity index (χ3v) is 9.72. The number of fused-ring (bicyclic) bond motifs is 1. The van der Waals surface area contributed by atoms with Crippen LogP contribution in [-0.4, -0.2) is 39.6 Å². The summed E-state index contributed by atoms with van der Waals surface area (Å²) in [5, 5.41) is 0. The van der Waals surface area contributed by atoms with Gasteiger partial charge in [-0.1, -0.05) is 66.7 Å². The topological polar surface area (TPSA) is 177 Å². The molecule has 1 heterocycles. The van der Waals surface area contributed by atoms with Crippen molar-refractivity contribution in [2.75, 3.05) is 6.61 Å². The highest BCUT2D eigenvalue weighted by Gasteiger charge is 2.55. The average molecular weight is 628 g/mol. The summed E-state index contributed by atoms with van der Waals surface area (Å²) < 4.78 is 75.6. The van der Waals surface area contributed by atoms with Crippen molar-refractivity contribution in [3.63, 3.8) is 0 Å². The standard InChI is InChI=1S/C25H27O13P3/c26-39(27,28)38-40(29,30)37-22-16-19(23-24(22)34-25(33-23)18-10-4-1-5-11-18)17-32-41(31,35-20-12-6-2-7-13-20)36-21-14-8-3-9-15-21/h1-15,19,22-25H,16-17H2,(H,29,30)(H2,26,27,28)/t19-,22+,23-,24+,25-/m1/s1. The number of benzene rings is 3. The maximum atomic E-state index is 13.8. The Hall–Kier alpha value is -2.37. The highest BCUT2D eigenvalue weighted by atomic mass is 31.3. The lowest BCUT2D eigenvalue weighted by Gasteiger charge is -2.23. The molecule has 0 spiro atoms. The van der Waals surface area contributed by atoms with Gasteiger partial charge in [0.2, 0.25) is 0 Å². The van der Waals surface area contributed by atoms with Crippen LogP contribution < -0.4 is 9.05 Å². The molecule has 41 heavy (non-hydrogen) atoms. The van der Waals surface area contributed by atoms with E-state index in [1.165, 1.54) is 0 Å². The summed E-state index contributed by atoms with van der Waals surface area (Å²) in [6.45, 7) is -0.280. The fourth-order valence-electron chi connectivity index (χ4n) is 4.55. The molecule has 0 aromatic heterocycles. The Balaban J connectivity index is 1.36. The van der Waals surface area contributed by atoms with E-state index in [-0.39, 0.29) is 24.5 Å². The molecule has 3 N–H and O–H groups in total. The third-order valence-electron chi connectivity index (χ3n) is 6.17. The second-order valence-corrected chi connectivity index (χ2v) is 13.5. The van der Waals surface area contributed by atoms with E-state index >= 15 is 0 Å². The first-order chi connectivity index (χ1) is 19.5. The van der Waals surface area contributed by atoms with Gasteiger partial charge in [-0.2, -0.15) is 4.31 Å². The van der Waals surface area contributed by atoms with Crippen LogP contribution in [0, 0.1) is 5.92 Å². The molecule has 3 aromatic rings. The zero-order valence-electron chi connectivity index (χ0n) is 21.2. The van der Waals surface area contributed by atoms with Crippen LogP contribution in [0.1, 0.15) is 18.3 Å². The molecule has 6 atom stereocenters. The van der Waals surface area contributed by atoms with Crippen molar-refractivity contribution in [2.45, 2.75) is 31.0 Å². The van der Waals surface area contributed by atoms with Crippen LogP contribution in [0.25, 0.3) is 0 Å². The SMILES string of the molecule is O=P(O)(O)OP(=O)(O)O[C@H]1C[C@H](COP(=O)(Oc2ccccc2)Oc2ccccc2)[C@H]2O[C@@H](c3ccccc3)O[C@H]21. The zero-order chi connectivity index (χ0) is 29.1. The Morgan fingerprint density at radius 1 is 0.732 bits per heavy atom. The summed E-state index contributed by atoms with van der Waals surface area (Å²) >= 11 is 0. The molecule has 0 amide bonds. The molecule has 1 aliphatic heterocycles. The molecule has 220 valence electrons. The fraction of sp³-hybridized carbons (Fsp3) is 0.280. The summed E-state index contributed by atoms with van der Waals surface area (Å²) in [7, 11) is -14.9. The van der Waals surface area contributed by atoms with Crippen LogP contribution in [0.15, 0.2) is 91.0 Å². The van der Waals surface area contributed by atoms with E-state index in [1.54, 1.807) is 91.0 Å². The van der Waals surface area contributed by atoms with Gasteiger partial charge in [-0.05, 0) is 30.7 Å². The molecule has 1 saturated carbocycles. The Bertz CT molecular complexity index is 1390. The Kier molecular flexibility index (Phi) is 9.16. The van der Waals surface area contributed by atoms with Gasteiger partial charge in [0.25, 0.3) is 0 Å². The molecular formula is C25H27O13P3. The van der Waals surface area contributed by atoms with Gasteiger partial charge in [-0.25, -0.2) is 13.7 Å². The lowest BCUT2D eigenvalue weighted by atomic mass is 10.1. The highest BCUT2D eigenvalue weighted by molar-refractivity contribution is 7.60. The van der Waals surface area contributed by atoms with E-state index in [0.29, 0.717) is 5.56 Å². The molecule has 2 aliphatic rings. The Morgan fingerprint density at radius 3 is 1.78 bits per heavy atom. The van der Waals surface area contributed by atoms with E-state index in [4.69, 9.17) is 37.4 Å². The van der Waals surface area contributed by atoms with Gasteiger partial charge in [-0.3, -0.25) is 9.05 Å². The molecule has 3 aromatic carbocycles. The fourth-order valence-corrected chi connectivity index (χ4v) is 7.61. The van der Waals surface area contributed by atoms with Crippen molar-refractivity contribution in [3.8, 4) is 11.5 Å². The van der Waals surface area contributed by atoms with Crippen molar-refractivity contribution in [2.24, 2.45) is 5.92 Å². The Morgan fingerprint density at radius 2 is 1.24 bits per heavy atom. The molecule has 16 heteroatoms. The largest absolute Gasteiger partial charge is 0.587 e. The lowest BCUT2D eigenvalue weighted by Crippen LogP contribution is -2.30. The van der Waals surface area contributed by atoms with Gasteiger partial charge in [0.05, 0.1) is 18.8 Å². The van der Waals surface area contributed by atoms with Gasteiger partial charge in [0.15, 0.2) is 6.29 Å². The van der Waals surface area contributed by atoms with Crippen molar-refractivity contribution in [1.82, 2.24) is 0 Å². The van der Waals surface area contributed by atoms with Crippen molar-refractivity contribution in [3.05, 3.63) is 96.6 Å². The van der Waals surface area contributed by atoms with Crippen LogP contribution in [-0.2, 0) is 36.5 Å². The van der Waals surface area contributed by atoms with Crippen LogP contribution in [0.2, 0.25) is 0 Å². The van der Waals surface area contributed by atoms with Crippen molar-refractivity contribution >= 4 is 23.5 Å². The van der Waals surface area contributed by atoms with E-state index in [2.05, 4.69) is 4.31 Å². The molecule has 1 saturated heterocycles. The second-order valence-electron chi connectivity index (χ2n) is 9.18. The summed E-state index contributed by atoms with van der Waals surface area (Å²) in [5.41, 5.74) is 0.657. The summed E-state index contributed by atoms with van der Waals surface area (Å²) in [4.78, 5) is 28.0. The van der Waals surface area contributed by atoms with Crippen LogP contribution in [0.3, 0.4) is 0 Å². The number of hydrogen-bond donors (Lipinski definition) is 3. The van der Waals surface area contributed by atoms with Crippen LogP contribution >= 0.6 is 23.5 Å². The molecule has 0 bridgehead atoms. The van der Waals surface area contributed by atoms with Crippen molar-refractivity contribution in [1.29, 1.82) is 0 Å².